The van der Waals surface area contributed by atoms with Crippen molar-refractivity contribution in [1.29, 1.82) is 0 Å². The van der Waals surface area contributed by atoms with Crippen molar-refractivity contribution in [1.82, 2.24) is 20.4 Å². The summed E-state index contributed by atoms with van der Waals surface area (Å²) in [5, 5.41) is 6.62. The van der Waals surface area contributed by atoms with Crippen LogP contribution in [0.5, 0.6) is 0 Å². The predicted molar refractivity (Wildman–Crippen MR) is 100 cm³/mol. The SMILES string of the molecule is Cc1noc(-c2ccc(C(=O)NCc3ccc(C(=O)N(C)C)cc3)cc2)n1. The topological polar surface area (TPSA) is 88.3 Å². The van der Waals surface area contributed by atoms with E-state index >= 15 is 0 Å². The zero-order chi connectivity index (χ0) is 19.4. The molecule has 1 aromatic heterocycles. The van der Waals surface area contributed by atoms with Gasteiger partial charge in [-0.2, -0.15) is 4.98 Å². The Bertz CT molecular complexity index is 944. The first-order chi connectivity index (χ1) is 12.9. The van der Waals surface area contributed by atoms with Gasteiger partial charge in [-0.3, -0.25) is 9.59 Å². The van der Waals surface area contributed by atoms with E-state index in [1.807, 2.05) is 12.1 Å². The summed E-state index contributed by atoms with van der Waals surface area (Å²) in [5.41, 5.74) is 2.82. The molecule has 7 heteroatoms. The van der Waals surface area contributed by atoms with Gasteiger partial charge in [0.05, 0.1) is 0 Å². The van der Waals surface area contributed by atoms with Crippen LogP contribution in [0.2, 0.25) is 0 Å². The number of nitrogens with one attached hydrogen (secondary N) is 1. The molecule has 0 spiro atoms. The smallest absolute Gasteiger partial charge is 0.257 e. The average molecular weight is 364 g/mol. The predicted octanol–water partition coefficient (Wildman–Crippen LogP) is 2.68. The summed E-state index contributed by atoms with van der Waals surface area (Å²) in [6, 6.07) is 14.1. The summed E-state index contributed by atoms with van der Waals surface area (Å²) < 4.78 is 5.11. The fourth-order valence-electron chi connectivity index (χ4n) is 2.49. The molecule has 0 aliphatic carbocycles. The van der Waals surface area contributed by atoms with Crippen LogP contribution in [0.3, 0.4) is 0 Å². The van der Waals surface area contributed by atoms with Crippen LogP contribution in [0.1, 0.15) is 32.1 Å². The van der Waals surface area contributed by atoms with Crippen molar-refractivity contribution >= 4 is 11.8 Å². The van der Waals surface area contributed by atoms with E-state index in [1.165, 1.54) is 4.90 Å². The highest BCUT2D eigenvalue weighted by molar-refractivity contribution is 5.95. The molecule has 138 valence electrons. The van der Waals surface area contributed by atoms with Gasteiger partial charge in [0.2, 0.25) is 0 Å². The van der Waals surface area contributed by atoms with Crippen LogP contribution >= 0.6 is 0 Å². The lowest BCUT2D eigenvalue weighted by Gasteiger charge is -2.11. The van der Waals surface area contributed by atoms with Crippen LogP contribution in [0.25, 0.3) is 11.5 Å². The molecule has 0 aliphatic heterocycles. The summed E-state index contributed by atoms with van der Waals surface area (Å²) in [7, 11) is 3.42. The van der Waals surface area contributed by atoms with E-state index in [-0.39, 0.29) is 11.8 Å². The first-order valence-corrected chi connectivity index (χ1v) is 8.43. The fourth-order valence-corrected chi connectivity index (χ4v) is 2.49. The summed E-state index contributed by atoms with van der Waals surface area (Å²) in [5.74, 6) is 0.746. The molecule has 1 heterocycles. The lowest BCUT2D eigenvalue weighted by atomic mass is 10.1. The summed E-state index contributed by atoms with van der Waals surface area (Å²) in [6.07, 6.45) is 0. The number of carbonyl (C=O) groups is 2. The number of nitrogens with zero attached hydrogens (tertiary/aromatic N) is 3. The largest absolute Gasteiger partial charge is 0.348 e. The van der Waals surface area contributed by atoms with Crippen molar-refractivity contribution in [2.45, 2.75) is 13.5 Å². The molecule has 0 saturated heterocycles. The Morgan fingerprint density at radius 2 is 1.63 bits per heavy atom. The Morgan fingerprint density at radius 3 is 2.19 bits per heavy atom. The Morgan fingerprint density at radius 1 is 1.00 bits per heavy atom. The van der Waals surface area contributed by atoms with Crippen molar-refractivity contribution < 1.29 is 14.1 Å². The monoisotopic (exact) mass is 364 g/mol. The highest BCUT2D eigenvalue weighted by atomic mass is 16.5. The molecule has 0 atom stereocenters. The second kappa shape index (κ2) is 7.82. The number of carbonyl (C=O) groups excluding carboxylic acids is 2. The van der Waals surface area contributed by atoms with Crippen molar-refractivity contribution in [2.75, 3.05) is 14.1 Å². The second-order valence-electron chi connectivity index (χ2n) is 6.30. The molecule has 0 radical (unpaired) electrons. The maximum atomic E-state index is 12.3. The van der Waals surface area contributed by atoms with E-state index in [0.29, 0.717) is 29.4 Å². The van der Waals surface area contributed by atoms with Gasteiger partial charge in [-0.1, -0.05) is 17.3 Å². The molecule has 3 aromatic rings. The molecule has 0 unspecified atom stereocenters. The standard InChI is InChI=1S/C20H20N4O3/c1-13-22-19(27-23-13)16-10-8-15(9-11-16)18(25)21-12-14-4-6-17(7-5-14)20(26)24(2)3/h4-11H,12H2,1-3H3,(H,21,25). The van der Waals surface area contributed by atoms with Crippen LogP contribution in [-0.2, 0) is 6.54 Å². The third-order valence-corrected chi connectivity index (χ3v) is 3.98. The van der Waals surface area contributed by atoms with Gasteiger partial charge in [-0.25, -0.2) is 0 Å². The Kier molecular flexibility index (Phi) is 5.30. The number of amides is 2. The fraction of sp³-hybridized carbons (Fsp3) is 0.200. The van der Waals surface area contributed by atoms with Gasteiger partial charge in [-0.05, 0) is 48.9 Å². The molecule has 0 saturated carbocycles. The van der Waals surface area contributed by atoms with Gasteiger partial charge in [0.15, 0.2) is 5.82 Å². The molecule has 3 rings (SSSR count). The van der Waals surface area contributed by atoms with Crippen molar-refractivity contribution in [3.63, 3.8) is 0 Å². The van der Waals surface area contributed by atoms with E-state index in [4.69, 9.17) is 4.52 Å². The van der Waals surface area contributed by atoms with E-state index in [1.54, 1.807) is 57.4 Å². The van der Waals surface area contributed by atoms with Gasteiger partial charge in [-0.15, -0.1) is 0 Å². The zero-order valence-electron chi connectivity index (χ0n) is 15.4. The molecule has 27 heavy (non-hydrogen) atoms. The summed E-state index contributed by atoms with van der Waals surface area (Å²) >= 11 is 0. The van der Waals surface area contributed by atoms with Crippen LogP contribution in [0.15, 0.2) is 53.1 Å². The van der Waals surface area contributed by atoms with Gasteiger partial charge >= 0.3 is 0 Å². The van der Waals surface area contributed by atoms with Gasteiger partial charge < -0.3 is 14.7 Å². The van der Waals surface area contributed by atoms with Gasteiger partial charge in [0.25, 0.3) is 17.7 Å². The van der Waals surface area contributed by atoms with Gasteiger partial charge in [0.1, 0.15) is 0 Å². The molecule has 0 bridgehead atoms. The molecule has 0 aliphatic rings. The van der Waals surface area contributed by atoms with E-state index < -0.39 is 0 Å². The molecule has 7 nitrogen and oxygen atoms in total. The molecule has 2 amide bonds. The Labute approximate surface area is 157 Å². The van der Waals surface area contributed by atoms with E-state index in [0.717, 1.165) is 11.1 Å². The van der Waals surface area contributed by atoms with Crippen molar-refractivity contribution in [3.8, 4) is 11.5 Å². The second-order valence-corrected chi connectivity index (χ2v) is 6.30. The van der Waals surface area contributed by atoms with Crippen LogP contribution in [0, 0.1) is 6.92 Å². The lowest BCUT2D eigenvalue weighted by molar-refractivity contribution is 0.0827. The lowest BCUT2D eigenvalue weighted by Crippen LogP contribution is -2.23. The Balaban J connectivity index is 1.60. The van der Waals surface area contributed by atoms with Crippen molar-refractivity contribution in [2.24, 2.45) is 0 Å². The molecular weight excluding hydrogens is 344 g/mol. The van der Waals surface area contributed by atoms with E-state index in [9.17, 15) is 9.59 Å². The highest BCUT2D eigenvalue weighted by Crippen LogP contribution is 2.17. The normalized spacial score (nSPS) is 10.5. The third-order valence-electron chi connectivity index (χ3n) is 3.98. The van der Waals surface area contributed by atoms with Crippen LogP contribution in [-0.4, -0.2) is 41.0 Å². The quantitative estimate of drug-likeness (QED) is 0.752. The average Bonchev–Trinajstić information content (AvgIpc) is 3.12. The maximum absolute atomic E-state index is 12.3. The van der Waals surface area contributed by atoms with Gasteiger partial charge in [0, 0.05) is 37.3 Å². The summed E-state index contributed by atoms with van der Waals surface area (Å²) in [6.45, 7) is 2.12. The maximum Gasteiger partial charge on any atom is 0.257 e. The molecule has 2 aromatic carbocycles. The minimum atomic E-state index is -0.184. The van der Waals surface area contributed by atoms with E-state index in [2.05, 4.69) is 15.5 Å². The minimum Gasteiger partial charge on any atom is -0.348 e. The van der Waals surface area contributed by atoms with Crippen molar-refractivity contribution in [3.05, 3.63) is 71.0 Å². The minimum absolute atomic E-state index is 0.0536. The molecule has 1 N–H and O–H groups in total. The van der Waals surface area contributed by atoms with Crippen LogP contribution < -0.4 is 5.32 Å². The Hall–Kier alpha value is -3.48. The molecular formula is C20H20N4O3. The van der Waals surface area contributed by atoms with Crippen LogP contribution in [0.4, 0.5) is 0 Å². The number of aromatic nitrogens is 2. The molecule has 0 fully saturated rings. The third kappa shape index (κ3) is 4.38. The first kappa shape index (κ1) is 18.3. The number of rotatable bonds is 5. The zero-order valence-corrected chi connectivity index (χ0v) is 15.4. The summed E-state index contributed by atoms with van der Waals surface area (Å²) in [4.78, 5) is 29.9. The number of hydrogen-bond acceptors (Lipinski definition) is 5. The number of aryl methyl sites for hydroxylation is 1. The highest BCUT2D eigenvalue weighted by Gasteiger charge is 2.10. The number of benzene rings is 2. The first-order valence-electron chi connectivity index (χ1n) is 8.43. The number of hydrogen-bond donors (Lipinski definition) is 1.